The van der Waals surface area contributed by atoms with Gasteiger partial charge < -0.3 is 15.0 Å². The summed E-state index contributed by atoms with van der Waals surface area (Å²) in [5, 5.41) is 3.32. The van der Waals surface area contributed by atoms with Crippen molar-refractivity contribution in [2.24, 2.45) is 11.8 Å². The number of nitrogens with zero attached hydrogens (tertiary/aromatic N) is 1. The second-order valence-electron chi connectivity index (χ2n) is 5.28. The molecule has 2 aliphatic heterocycles. The van der Waals surface area contributed by atoms with Gasteiger partial charge in [-0.1, -0.05) is 6.92 Å². The molecule has 2 aliphatic rings. The van der Waals surface area contributed by atoms with E-state index in [9.17, 15) is 4.79 Å². The molecule has 2 heterocycles. The first-order valence-electron chi connectivity index (χ1n) is 6.82. The summed E-state index contributed by atoms with van der Waals surface area (Å²) in [4.78, 5) is 14.8. The van der Waals surface area contributed by atoms with Crippen LogP contribution in [0.3, 0.4) is 0 Å². The zero-order valence-electron chi connectivity index (χ0n) is 11.4. The van der Waals surface area contributed by atoms with Gasteiger partial charge in [0.05, 0.1) is 12.5 Å². The maximum atomic E-state index is 12.7. The molecule has 1 amide bonds. The van der Waals surface area contributed by atoms with E-state index in [0.717, 1.165) is 31.8 Å². The zero-order valence-corrected chi connectivity index (χ0v) is 12.2. The Hall–Kier alpha value is -0.260. The number of hydrogen-bond acceptors (Lipinski definition) is 4. The molecule has 2 fully saturated rings. The molecule has 104 valence electrons. The van der Waals surface area contributed by atoms with Gasteiger partial charge in [-0.3, -0.25) is 4.79 Å². The molecule has 0 aromatic rings. The Kier molecular flexibility index (Phi) is 5.33. The summed E-state index contributed by atoms with van der Waals surface area (Å²) in [5.74, 6) is 3.21. The number of carbonyl (C=O) groups is 1. The number of amides is 1. The van der Waals surface area contributed by atoms with Crippen LogP contribution in [0.15, 0.2) is 0 Å². The zero-order chi connectivity index (χ0) is 13.0. The Labute approximate surface area is 114 Å². The summed E-state index contributed by atoms with van der Waals surface area (Å²) < 4.78 is 5.16. The fraction of sp³-hybridized carbons (Fsp3) is 0.923. The average Bonchev–Trinajstić information content (AvgIpc) is 3.00. The summed E-state index contributed by atoms with van der Waals surface area (Å²) in [5.41, 5.74) is 0. The second-order valence-corrected chi connectivity index (χ2v) is 6.43. The lowest BCUT2D eigenvalue weighted by Gasteiger charge is -2.31. The first-order valence-corrected chi connectivity index (χ1v) is 7.97. The predicted octanol–water partition coefficient (Wildman–Crippen LogP) is 0.822. The van der Waals surface area contributed by atoms with Crippen LogP contribution in [0.1, 0.15) is 13.3 Å². The molecule has 1 N–H and O–H groups in total. The van der Waals surface area contributed by atoms with E-state index in [-0.39, 0.29) is 5.92 Å². The molecular formula is C13H24N2O2S. The van der Waals surface area contributed by atoms with Gasteiger partial charge in [-0.25, -0.2) is 0 Å². The molecule has 0 saturated carbocycles. The van der Waals surface area contributed by atoms with Gasteiger partial charge in [-0.2, -0.15) is 11.8 Å². The molecule has 3 atom stereocenters. The van der Waals surface area contributed by atoms with Crippen molar-refractivity contribution >= 4 is 17.7 Å². The number of nitrogens with one attached hydrogen (secondary N) is 1. The summed E-state index contributed by atoms with van der Waals surface area (Å²) in [7, 11) is 1.70. The van der Waals surface area contributed by atoms with Crippen LogP contribution in [0.25, 0.3) is 0 Å². The van der Waals surface area contributed by atoms with Crippen LogP contribution in [0.5, 0.6) is 0 Å². The van der Waals surface area contributed by atoms with Crippen molar-refractivity contribution in [1.82, 2.24) is 10.2 Å². The summed E-state index contributed by atoms with van der Waals surface area (Å²) in [6.45, 7) is 5.35. The van der Waals surface area contributed by atoms with Crippen LogP contribution in [-0.2, 0) is 9.53 Å². The van der Waals surface area contributed by atoms with Crippen molar-refractivity contribution in [3.8, 4) is 0 Å². The molecule has 0 spiro atoms. The summed E-state index contributed by atoms with van der Waals surface area (Å²) in [6, 6.07) is 0.422. The van der Waals surface area contributed by atoms with E-state index >= 15 is 0 Å². The van der Waals surface area contributed by atoms with Crippen molar-refractivity contribution in [3.05, 3.63) is 0 Å². The van der Waals surface area contributed by atoms with E-state index in [4.69, 9.17) is 4.74 Å². The Morgan fingerprint density at radius 2 is 2.33 bits per heavy atom. The Bertz CT molecular complexity index is 282. The highest BCUT2D eigenvalue weighted by Gasteiger charge is 2.36. The second kappa shape index (κ2) is 6.78. The fourth-order valence-electron chi connectivity index (χ4n) is 2.78. The number of rotatable bonds is 5. The van der Waals surface area contributed by atoms with Crippen molar-refractivity contribution in [1.29, 1.82) is 0 Å². The lowest BCUT2D eigenvalue weighted by molar-refractivity contribution is -0.138. The number of carbonyl (C=O) groups excluding carboxylic acids is 1. The van der Waals surface area contributed by atoms with E-state index in [1.807, 2.05) is 11.8 Å². The van der Waals surface area contributed by atoms with Gasteiger partial charge in [0.2, 0.25) is 5.91 Å². The van der Waals surface area contributed by atoms with Gasteiger partial charge >= 0.3 is 0 Å². The van der Waals surface area contributed by atoms with Crippen LogP contribution >= 0.6 is 11.8 Å². The van der Waals surface area contributed by atoms with Crippen molar-refractivity contribution < 1.29 is 9.53 Å². The number of ether oxygens (including phenoxy) is 1. The molecule has 2 saturated heterocycles. The normalized spacial score (nSPS) is 31.8. The molecule has 18 heavy (non-hydrogen) atoms. The lowest BCUT2D eigenvalue weighted by Crippen LogP contribution is -2.46. The first-order chi connectivity index (χ1) is 8.74. The number of thioether (sulfide) groups is 1. The quantitative estimate of drug-likeness (QED) is 0.805. The van der Waals surface area contributed by atoms with Crippen LogP contribution in [0.2, 0.25) is 0 Å². The third-order valence-electron chi connectivity index (χ3n) is 4.00. The van der Waals surface area contributed by atoms with Gasteiger partial charge in [0.1, 0.15) is 0 Å². The molecule has 4 nitrogen and oxygen atoms in total. The van der Waals surface area contributed by atoms with E-state index in [1.165, 1.54) is 5.75 Å². The number of hydrogen-bond donors (Lipinski definition) is 1. The topological polar surface area (TPSA) is 41.6 Å². The largest absolute Gasteiger partial charge is 0.383 e. The van der Waals surface area contributed by atoms with E-state index in [0.29, 0.717) is 24.5 Å². The Balaban J connectivity index is 1.99. The van der Waals surface area contributed by atoms with Crippen molar-refractivity contribution in [2.45, 2.75) is 19.4 Å². The molecule has 0 radical (unpaired) electrons. The van der Waals surface area contributed by atoms with Gasteiger partial charge in [0.15, 0.2) is 0 Å². The Morgan fingerprint density at radius 1 is 1.50 bits per heavy atom. The summed E-state index contributed by atoms with van der Waals surface area (Å²) >= 11 is 1.95. The monoisotopic (exact) mass is 272 g/mol. The molecule has 0 aromatic carbocycles. The SMILES string of the molecule is COCCN(C(=O)C1CNCC1C)C1CCSC1. The molecule has 0 aliphatic carbocycles. The molecule has 3 unspecified atom stereocenters. The van der Waals surface area contributed by atoms with Crippen LogP contribution in [-0.4, -0.2) is 61.7 Å². The molecule has 0 bridgehead atoms. The highest BCUT2D eigenvalue weighted by Crippen LogP contribution is 2.26. The molecular weight excluding hydrogens is 248 g/mol. The predicted molar refractivity (Wildman–Crippen MR) is 74.8 cm³/mol. The van der Waals surface area contributed by atoms with Gasteiger partial charge in [-0.05, 0) is 24.6 Å². The highest BCUT2D eigenvalue weighted by molar-refractivity contribution is 7.99. The minimum atomic E-state index is 0.160. The van der Waals surface area contributed by atoms with E-state index in [2.05, 4.69) is 17.1 Å². The average molecular weight is 272 g/mol. The third-order valence-corrected chi connectivity index (χ3v) is 5.15. The Morgan fingerprint density at radius 3 is 2.89 bits per heavy atom. The van der Waals surface area contributed by atoms with Gasteiger partial charge in [0.25, 0.3) is 0 Å². The van der Waals surface area contributed by atoms with E-state index in [1.54, 1.807) is 7.11 Å². The molecule has 0 aromatic heterocycles. The third kappa shape index (κ3) is 3.19. The number of methoxy groups -OCH3 is 1. The maximum absolute atomic E-state index is 12.7. The van der Waals surface area contributed by atoms with Gasteiger partial charge in [0, 0.05) is 32.0 Å². The fourth-order valence-corrected chi connectivity index (χ4v) is 4.01. The minimum absolute atomic E-state index is 0.160. The van der Waals surface area contributed by atoms with Crippen LogP contribution in [0, 0.1) is 11.8 Å². The van der Waals surface area contributed by atoms with Crippen LogP contribution < -0.4 is 5.32 Å². The highest BCUT2D eigenvalue weighted by atomic mass is 32.2. The van der Waals surface area contributed by atoms with Crippen molar-refractivity contribution in [2.75, 3.05) is 44.9 Å². The maximum Gasteiger partial charge on any atom is 0.227 e. The van der Waals surface area contributed by atoms with Crippen LogP contribution in [0.4, 0.5) is 0 Å². The van der Waals surface area contributed by atoms with E-state index < -0.39 is 0 Å². The lowest BCUT2D eigenvalue weighted by atomic mass is 9.96. The summed E-state index contributed by atoms with van der Waals surface area (Å²) in [6.07, 6.45) is 1.13. The molecule has 5 heteroatoms. The standard InChI is InChI=1S/C13H24N2O2S/c1-10-7-14-8-12(10)13(16)15(4-5-17-2)11-3-6-18-9-11/h10-12,14H,3-9H2,1-2H3. The first kappa shape index (κ1) is 14.2. The van der Waals surface area contributed by atoms with Gasteiger partial charge in [-0.15, -0.1) is 0 Å². The van der Waals surface area contributed by atoms with Crippen molar-refractivity contribution in [3.63, 3.8) is 0 Å². The smallest absolute Gasteiger partial charge is 0.227 e. The molecule has 2 rings (SSSR count). The minimum Gasteiger partial charge on any atom is -0.383 e.